The highest BCUT2D eigenvalue weighted by Crippen LogP contribution is 2.45. The van der Waals surface area contributed by atoms with Crippen LogP contribution in [0.2, 0.25) is 0 Å². The van der Waals surface area contributed by atoms with Crippen molar-refractivity contribution in [2.45, 2.75) is 30.8 Å². The molecule has 2 aromatic rings. The van der Waals surface area contributed by atoms with Gasteiger partial charge in [-0.25, -0.2) is 9.97 Å². The summed E-state index contributed by atoms with van der Waals surface area (Å²) in [4.78, 5) is 8.74. The lowest BCUT2D eigenvalue weighted by Crippen LogP contribution is -2.42. The molecule has 1 fully saturated rings. The monoisotopic (exact) mass is 297 g/mol. The molecule has 108 valence electrons. The second-order valence-electron chi connectivity index (χ2n) is 5.03. The van der Waals surface area contributed by atoms with E-state index in [0.29, 0.717) is 21.6 Å². The molecule has 0 bridgehead atoms. The lowest BCUT2D eigenvalue weighted by atomic mass is 9.92. The van der Waals surface area contributed by atoms with Crippen LogP contribution in [0.25, 0.3) is 10.9 Å². The van der Waals surface area contributed by atoms with E-state index in [1.54, 1.807) is 5.38 Å². The molecule has 20 heavy (non-hydrogen) atoms. The van der Waals surface area contributed by atoms with Crippen molar-refractivity contribution < 1.29 is 20.1 Å². The molecule has 4 atom stereocenters. The molecule has 5 N–H and O–H groups in total. The van der Waals surface area contributed by atoms with Crippen LogP contribution in [0.5, 0.6) is 0 Å². The van der Waals surface area contributed by atoms with Crippen molar-refractivity contribution in [3.8, 4) is 0 Å². The molecule has 0 unspecified atom stereocenters. The molecule has 0 radical (unpaired) electrons. The van der Waals surface area contributed by atoms with Gasteiger partial charge in [-0.15, -0.1) is 11.3 Å². The van der Waals surface area contributed by atoms with E-state index in [-0.39, 0.29) is 6.61 Å². The maximum Gasteiger partial charge on any atom is 0.135 e. The summed E-state index contributed by atoms with van der Waals surface area (Å²) in [6, 6.07) is 0. The summed E-state index contributed by atoms with van der Waals surface area (Å²) in [7, 11) is 0. The van der Waals surface area contributed by atoms with Crippen LogP contribution in [0.4, 0.5) is 5.82 Å². The van der Waals surface area contributed by atoms with Crippen LogP contribution < -0.4 is 5.73 Å². The number of aromatic nitrogens is 2. The van der Waals surface area contributed by atoms with Gasteiger partial charge in [0.25, 0.3) is 0 Å². The number of rotatable bonds is 2. The van der Waals surface area contributed by atoms with Crippen LogP contribution in [-0.2, 0) is 4.74 Å². The number of nitrogens with zero attached hydrogens (tertiary/aromatic N) is 2. The molecule has 7 nitrogen and oxygen atoms in total. The van der Waals surface area contributed by atoms with Gasteiger partial charge in [0.1, 0.15) is 36.1 Å². The molecule has 1 aliphatic heterocycles. The Labute approximate surface area is 118 Å². The molecule has 1 aliphatic rings. The minimum absolute atomic E-state index is 0.356. The Morgan fingerprint density at radius 3 is 2.90 bits per heavy atom. The highest BCUT2D eigenvalue weighted by atomic mass is 32.1. The van der Waals surface area contributed by atoms with Gasteiger partial charge in [0.15, 0.2) is 0 Å². The normalized spacial score (nSPS) is 33.9. The Balaban J connectivity index is 2.10. The topological polar surface area (TPSA) is 122 Å². The Kier molecular flexibility index (Phi) is 3.14. The van der Waals surface area contributed by atoms with Crippen LogP contribution in [0.3, 0.4) is 0 Å². The highest BCUT2D eigenvalue weighted by molar-refractivity contribution is 7.11. The number of hydrogen-bond donors (Lipinski definition) is 4. The number of nitrogen functional groups attached to an aromatic ring is 1. The summed E-state index contributed by atoms with van der Waals surface area (Å²) in [5.41, 5.74) is 4.87. The van der Waals surface area contributed by atoms with Crippen molar-refractivity contribution in [2.24, 2.45) is 0 Å². The second-order valence-corrected chi connectivity index (χ2v) is 5.94. The maximum absolute atomic E-state index is 10.5. The van der Waals surface area contributed by atoms with Gasteiger partial charge in [-0.1, -0.05) is 0 Å². The zero-order chi connectivity index (χ0) is 14.5. The predicted octanol–water partition coefficient (Wildman–Crippen LogP) is -0.182. The van der Waals surface area contributed by atoms with E-state index in [9.17, 15) is 15.3 Å². The van der Waals surface area contributed by atoms with Gasteiger partial charge in [-0.3, -0.25) is 0 Å². The van der Waals surface area contributed by atoms with Crippen molar-refractivity contribution in [3.63, 3.8) is 0 Å². The Morgan fingerprint density at radius 2 is 2.25 bits per heavy atom. The zero-order valence-electron chi connectivity index (χ0n) is 10.7. The summed E-state index contributed by atoms with van der Waals surface area (Å²) < 4.78 is 5.59. The number of fused-ring (bicyclic) bond motifs is 1. The maximum atomic E-state index is 10.5. The summed E-state index contributed by atoms with van der Waals surface area (Å²) in [5, 5.41) is 32.2. The van der Waals surface area contributed by atoms with E-state index in [1.807, 2.05) is 0 Å². The minimum atomic E-state index is -1.51. The average molecular weight is 297 g/mol. The highest BCUT2D eigenvalue weighted by Gasteiger charge is 2.53. The number of ether oxygens (including phenoxy) is 1. The third kappa shape index (κ3) is 1.80. The Hall–Kier alpha value is -1.32. The largest absolute Gasteiger partial charge is 0.394 e. The van der Waals surface area contributed by atoms with E-state index in [2.05, 4.69) is 9.97 Å². The summed E-state index contributed by atoms with van der Waals surface area (Å²) in [5.74, 6) is 0.356. The van der Waals surface area contributed by atoms with E-state index in [0.717, 1.165) is 0 Å². The van der Waals surface area contributed by atoms with Crippen LogP contribution in [0.1, 0.15) is 17.9 Å². The van der Waals surface area contributed by atoms with Gasteiger partial charge in [-0.2, -0.15) is 0 Å². The molecule has 8 heteroatoms. The summed E-state index contributed by atoms with van der Waals surface area (Å²) in [6.07, 6.45) is -1.43. The van der Waals surface area contributed by atoms with Gasteiger partial charge in [0.2, 0.25) is 0 Å². The molecule has 0 aromatic carbocycles. The van der Waals surface area contributed by atoms with E-state index >= 15 is 0 Å². The van der Waals surface area contributed by atoms with Crippen molar-refractivity contribution in [1.82, 2.24) is 9.97 Å². The van der Waals surface area contributed by atoms with Crippen LogP contribution in [0, 0.1) is 0 Å². The van der Waals surface area contributed by atoms with Crippen molar-refractivity contribution in [2.75, 3.05) is 12.3 Å². The standard InChI is InChI=1S/C12H15N3O4S/c1-12(18)9(17)6(2-16)19-10(12)8-7-5(3-20-8)11(13)15-4-14-7/h3-4,6,9-10,16-18H,2H2,1H3,(H2,13,14,15)/t6-,9-,10+,12-/m1/s1. The molecule has 0 spiro atoms. The third-order valence-corrected chi connectivity index (χ3v) is 4.68. The molecule has 0 amide bonds. The fourth-order valence-electron chi connectivity index (χ4n) is 2.47. The van der Waals surface area contributed by atoms with Gasteiger partial charge in [-0.05, 0) is 6.92 Å². The smallest absolute Gasteiger partial charge is 0.135 e. The number of thiophene rings is 1. The molecular formula is C12H15N3O4S. The van der Waals surface area contributed by atoms with Crippen LogP contribution in [0.15, 0.2) is 11.7 Å². The molecule has 1 saturated heterocycles. The van der Waals surface area contributed by atoms with E-state index in [4.69, 9.17) is 10.5 Å². The van der Waals surface area contributed by atoms with Crippen molar-refractivity contribution >= 4 is 28.1 Å². The lowest BCUT2D eigenvalue weighted by molar-refractivity contribution is -0.0630. The molecule has 0 aliphatic carbocycles. The van der Waals surface area contributed by atoms with E-state index in [1.165, 1.54) is 24.6 Å². The van der Waals surface area contributed by atoms with E-state index < -0.39 is 23.9 Å². The molecular weight excluding hydrogens is 282 g/mol. The number of aliphatic hydroxyl groups is 3. The lowest BCUT2D eigenvalue weighted by Gasteiger charge is -2.25. The van der Waals surface area contributed by atoms with Crippen LogP contribution >= 0.6 is 11.3 Å². The number of aliphatic hydroxyl groups excluding tert-OH is 2. The van der Waals surface area contributed by atoms with Gasteiger partial charge in [0.05, 0.1) is 22.4 Å². The number of hydrogen-bond acceptors (Lipinski definition) is 8. The van der Waals surface area contributed by atoms with Crippen molar-refractivity contribution in [1.29, 1.82) is 0 Å². The first-order valence-electron chi connectivity index (χ1n) is 6.11. The first-order chi connectivity index (χ1) is 9.46. The zero-order valence-corrected chi connectivity index (χ0v) is 11.5. The van der Waals surface area contributed by atoms with Gasteiger partial charge < -0.3 is 25.8 Å². The third-order valence-electron chi connectivity index (χ3n) is 3.66. The molecule has 0 saturated carbocycles. The fraction of sp³-hybridized carbons (Fsp3) is 0.500. The summed E-state index contributed by atoms with van der Waals surface area (Å²) in [6.45, 7) is 1.11. The van der Waals surface area contributed by atoms with Gasteiger partial charge >= 0.3 is 0 Å². The number of nitrogens with two attached hydrogens (primary N) is 1. The Morgan fingerprint density at radius 1 is 1.50 bits per heavy atom. The van der Waals surface area contributed by atoms with Gasteiger partial charge in [0, 0.05) is 5.38 Å². The minimum Gasteiger partial charge on any atom is -0.394 e. The Bertz CT molecular complexity index is 645. The predicted molar refractivity (Wildman–Crippen MR) is 73.2 cm³/mol. The molecule has 3 heterocycles. The second kappa shape index (κ2) is 4.61. The molecule has 3 rings (SSSR count). The first kappa shape index (κ1) is 13.7. The SMILES string of the molecule is C[C@@]1(O)[C@H](O)[C@@H](CO)O[C@H]1c1scc2c(N)ncnc12. The summed E-state index contributed by atoms with van der Waals surface area (Å²) >= 11 is 1.33. The number of anilines is 1. The molecule has 2 aromatic heterocycles. The van der Waals surface area contributed by atoms with Crippen LogP contribution in [-0.4, -0.2) is 49.7 Å². The average Bonchev–Trinajstić information content (AvgIpc) is 2.92. The fourth-order valence-corrected chi connectivity index (χ4v) is 3.64. The quantitative estimate of drug-likeness (QED) is 0.606. The van der Waals surface area contributed by atoms with Crippen molar-refractivity contribution in [3.05, 3.63) is 16.6 Å². The first-order valence-corrected chi connectivity index (χ1v) is 6.99.